The quantitative estimate of drug-likeness (QED) is 0.129. The van der Waals surface area contributed by atoms with E-state index >= 15 is 4.39 Å². The highest BCUT2D eigenvalue weighted by Crippen LogP contribution is 2.39. The number of anilines is 1. The Morgan fingerprint density at radius 1 is 0.981 bits per heavy atom. The van der Waals surface area contributed by atoms with E-state index in [1.165, 1.54) is 18.2 Å². The van der Waals surface area contributed by atoms with Gasteiger partial charge in [0.05, 0.1) is 64.4 Å². The van der Waals surface area contributed by atoms with Gasteiger partial charge in [0.15, 0.2) is 0 Å². The Morgan fingerprint density at radius 3 is 2.17 bits per heavy atom. The van der Waals surface area contributed by atoms with E-state index in [-0.39, 0.29) is 68.7 Å². The van der Waals surface area contributed by atoms with Crippen LogP contribution in [0.25, 0.3) is 0 Å². The number of nitrogens with one attached hydrogen (secondary N) is 3. The van der Waals surface area contributed by atoms with Gasteiger partial charge in [-0.15, -0.1) is 0 Å². The molecule has 4 N–H and O–H groups in total. The molecule has 2 unspecified atom stereocenters. The lowest BCUT2D eigenvalue weighted by Gasteiger charge is -2.38. The van der Waals surface area contributed by atoms with Crippen LogP contribution in [-0.4, -0.2) is 115 Å². The number of alkyl halides is 2. The topological polar surface area (TPSA) is 182 Å². The minimum absolute atomic E-state index is 0.0117. The van der Waals surface area contributed by atoms with Crippen molar-refractivity contribution in [2.24, 2.45) is 0 Å². The van der Waals surface area contributed by atoms with Crippen LogP contribution in [0.4, 0.5) is 18.9 Å². The molecule has 3 amide bonds. The Labute approximate surface area is 304 Å². The molecule has 288 valence electrons. The van der Waals surface area contributed by atoms with Crippen molar-refractivity contribution in [2.75, 3.05) is 70.9 Å². The number of carbonyl (C=O) groups is 3. The Bertz CT molecular complexity index is 1630. The van der Waals surface area contributed by atoms with Crippen molar-refractivity contribution in [1.29, 1.82) is 0 Å². The molecule has 2 atom stereocenters. The minimum atomic E-state index is -4.41. The number of halogens is 4. The van der Waals surface area contributed by atoms with Crippen molar-refractivity contribution in [3.8, 4) is 0 Å². The van der Waals surface area contributed by atoms with E-state index < -0.39 is 75.3 Å². The van der Waals surface area contributed by atoms with E-state index in [0.717, 1.165) is 23.1 Å². The van der Waals surface area contributed by atoms with Crippen LogP contribution in [0.3, 0.4) is 0 Å². The third-order valence-electron chi connectivity index (χ3n) is 8.01. The number of ether oxygens (including phenoxy) is 4. The van der Waals surface area contributed by atoms with Crippen molar-refractivity contribution < 1.29 is 60.0 Å². The number of carbonyl (C=O) groups excluding carboxylic acids is 3. The van der Waals surface area contributed by atoms with Crippen LogP contribution >= 0.6 is 11.6 Å². The molecule has 0 spiro atoms. The smallest absolute Gasteiger partial charge is 0.252 e. The first kappa shape index (κ1) is 41.4. The Morgan fingerprint density at radius 2 is 1.60 bits per heavy atom. The van der Waals surface area contributed by atoms with Crippen molar-refractivity contribution in [3.05, 3.63) is 58.9 Å². The van der Waals surface area contributed by atoms with Crippen molar-refractivity contribution in [2.45, 2.75) is 54.6 Å². The van der Waals surface area contributed by atoms with Crippen molar-refractivity contribution in [3.63, 3.8) is 0 Å². The van der Waals surface area contributed by atoms with Crippen LogP contribution in [-0.2, 0) is 43.4 Å². The molecular weight excluding hydrogens is 737 g/mol. The number of rotatable bonds is 22. The number of hydrogen-bond acceptors (Lipinski definition) is 10. The van der Waals surface area contributed by atoms with Gasteiger partial charge in [0.1, 0.15) is 17.9 Å². The second-order valence-electron chi connectivity index (χ2n) is 12.0. The van der Waals surface area contributed by atoms with E-state index in [9.17, 15) is 31.6 Å². The number of amides is 3. The molecule has 0 bridgehead atoms. The third-order valence-corrected chi connectivity index (χ3v) is 9.79. The van der Waals surface area contributed by atoms with Crippen LogP contribution in [0.2, 0.25) is 5.02 Å². The van der Waals surface area contributed by atoms with Gasteiger partial charge in [-0.3, -0.25) is 19.3 Å². The van der Waals surface area contributed by atoms with Crippen LogP contribution in [0.1, 0.15) is 37.3 Å². The van der Waals surface area contributed by atoms with E-state index in [1.54, 1.807) is 6.07 Å². The average molecular weight is 779 g/mol. The summed E-state index contributed by atoms with van der Waals surface area (Å²) < 4.78 is 92.6. The molecule has 19 heteroatoms. The highest BCUT2D eigenvalue weighted by molar-refractivity contribution is 7.89. The summed E-state index contributed by atoms with van der Waals surface area (Å²) in [5.74, 6) is -6.29. The fraction of sp³-hybridized carbons (Fsp3) is 0.545. The van der Waals surface area contributed by atoms with Gasteiger partial charge in [-0.2, -0.15) is 0 Å². The van der Waals surface area contributed by atoms with Crippen LogP contribution in [0.15, 0.2) is 47.4 Å². The molecule has 0 aromatic heterocycles. The zero-order valence-electron chi connectivity index (χ0n) is 28.2. The SMILES string of the molecule is O=C1CCC(C(=O)N(c2cc(F)cc(S(=O)(=O)NCCOCCOCCOCCOCCO)c2)C(C(=O)NC2CC(F)(F)C2)c2ccccc2Cl)N1. The predicted octanol–water partition coefficient (Wildman–Crippen LogP) is 2.08. The summed E-state index contributed by atoms with van der Waals surface area (Å²) >= 11 is 6.47. The molecular formula is C33H42ClF3N4O10S. The lowest BCUT2D eigenvalue weighted by atomic mass is 9.87. The summed E-state index contributed by atoms with van der Waals surface area (Å²) in [5, 5.41) is 13.7. The highest BCUT2D eigenvalue weighted by Gasteiger charge is 2.48. The lowest BCUT2D eigenvalue weighted by Crippen LogP contribution is -2.55. The molecule has 1 aliphatic carbocycles. The number of aliphatic hydroxyl groups is 1. The maximum Gasteiger partial charge on any atom is 0.252 e. The van der Waals surface area contributed by atoms with Crippen LogP contribution in [0.5, 0.6) is 0 Å². The van der Waals surface area contributed by atoms with Gasteiger partial charge in [0.2, 0.25) is 21.8 Å². The zero-order chi connectivity index (χ0) is 37.7. The highest BCUT2D eigenvalue weighted by atomic mass is 35.5. The Kier molecular flexibility index (Phi) is 15.6. The van der Waals surface area contributed by atoms with Crippen LogP contribution < -0.4 is 20.3 Å². The lowest BCUT2D eigenvalue weighted by molar-refractivity contribution is -0.133. The largest absolute Gasteiger partial charge is 0.394 e. The molecule has 4 rings (SSSR count). The number of benzene rings is 2. The van der Waals surface area contributed by atoms with E-state index in [1.807, 2.05) is 0 Å². The van der Waals surface area contributed by atoms with Gasteiger partial charge >= 0.3 is 0 Å². The fourth-order valence-corrected chi connectivity index (χ4v) is 6.81. The zero-order valence-corrected chi connectivity index (χ0v) is 29.7. The first-order chi connectivity index (χ1) is 24.8. The normalized spacial score (nSPS) is 17.7. The summed E-state index contributed by atoms with van der Waals surface area (Å²) in [5.41, 5.74) is -0.310. The van der Waals surface area contributed by atoms with Gasteiger partial charge in [-0.25, -0.2) is 26.3 Å². The standard InChI is InChI=1S/C33H42ClF3N4O10S/c34-27-4-2-1-3-26(27)30(31(44)39-23-20-33(36,37)21-23)41(32(45)28-5-6-29(43)40-28)24-17-22(35)18-25(19-24)52(46,47)38-7-9-48-11-13-50-15-16-51-14-12-49-10-8-42/h1-4,17-19,23,28,30,38,42H,5-16,20-21H2,(H,39,44)(H,40,43). The molecule has 2 aliphatic rings. The van der Waals surface area contributed by atoms with Gasteiger partial charge in [-0.1, -0.05) is 29.8 Å². The summed E-state index contributed by atoms with van der Waals surface area (Å²) in [6, 6.07) is 4.73. The molecule has 2 aromatic rings. The predicted molar refractivity (Wildman–Crippen MR) is 181 cm³/mol. The number of aliphatic hydroxyl groups excluding tert-OH is 1. The minimum Gasteiger partial charge on any atom is -0.394 e. The molecule has 1 heterocycles. The van der Waals surface area contributed by atoms with E-state index in [0.29, 0.717) is 26.4 Å². The van der Waals surface area contributed by atoms with Gasteiger partial charge in [0, 0.05) is 48.1 Å². The molecule has 1 saturated carbocycles. The maximum absolute atomic E-state index is 15.3. The monoisotopic (exact) mass is 778 g/mol. The number of sulfonamides is 1. The maximum atomic E-state index is 15.3. The van der Waals surface area contributed by atoms with Gasteiger partial charge in [-0.05, 0) is 30.7 Å². The molecule has 14 nitrogen and oxygen atoms in total. The first-order valence-corrected chi connectivity index (χ1v) is 18.4. The second kappa shape index (κ2) is 19.6. The average Bonchev–Trinajstić information content (AvgIpc) is 3.52. The molecule has 1 aliphatic heterocycles. The first-order valence-electron chi connectivity index (χ1n) is 16.6. The fourth-order valence-electron chi connectivity index (χ4n) is 5.51. The van der Waals surface area contributed by atoms with Gasteiger partial charge in [0.25, 0.3) is 11.8 Å². The summed E-state index contributed by atoms with van der Waals surface area (Å²) in [6.45, 7) is 1.55. The molecule has 52 heavy (non-hydrogen) atoms. The third kappa shape index (κ3) is 12.1. The van der Waals surface area contributed by atoms with E-state index in [4.69, 9.17) is 35.7 Å². The van der Waals surface area contributed by atoms with Gasteiger partial charge < -0.3 is 34.7 Å². The molecule has 1 saturated heterocycles. The van der Waals surface area contributed by atoms with E-state index in [2.05, 4.69) is 15.4 Å². The molecule has 0 radical (unpaired) electrons. The van der Waals surface area contributed by atoms with Crippen molar-refractivity contribution >= 4 is 45.0 Å². The van der Waals surface area contributed by atoms with Crippen LogP contribution in [0, 0.1) is 5.82 Å². The summed E-state index contributed by atoms with van der Waals surface area (Å²) in [4.78, 5) is 40.3. The number of hydrogen-bond donors (Lipinski definition) is 4. The second-order valence-corrected chi connectivity index (χ2v) is 14.2. The number of nitrogens with zero attached hydrogens (tertiary/aromatic N) is 1. The molecule has 2 aromatic carbocycles. The summed E-state index contributed by atoms with van der Waals surface area (Å²) in [6.07, 6.45) is -1.25. The Hall–Kier alpha value is -3.36. The van der Waals surface area contributed by atoms with Crippen molar-refractivity contribution in [1.82, 2.24) is 15.4 Å². The Balaban J connectivity index is 1.47. The molecule has 2 fully saturated rings. The summed E-state index contributed by atoms with van der Waals surface area (Å²) in [7, 11) is -4.41.